The first kappa shape index (κ1) is 23.1. The minimum atomic E-state index is -1.02. The molecule has 4 aromatic rings. The van der Waals surface area contributed by atoms with E-state index in [0.29, 0.717) is 38.0 Å². The third kappa shape index (κ3) is 4.91. The fourth-order valence-electron chi connectivity index (χ4n) is 4.82. The molecule has 0 radical (unpaired) electrons. The van der Waals surface area contributed by atoms with Crippen LogP contribution < -0.4 is 0 Å². The van der Waals surface area contributed by atoms with Gasteiger partial charge in [0.25, 0.3) is 0 Å². The monoisotopic (exact) mass is 465 g/mol. The van der Waals surface area contributed by atoms with Crippen LogP contribution in [-0.4, -0.2) is 38.6 Å². The minimum Gasteiger partial charge on any atom is -0.383 e. The van der Waals surface area contributed by atoms with E-state index in [0.717, 1.165) is 28.1 Å². The van der Waals surface area contributed by atoms with Crippen molar-refractivity contribution in [1.29, 1.82) is 0 Å². The molecule has 1 aliphatic rings. The zero-order valence-corrected chi connectivity index (χ0v) is 20.3. The third-order valence-electron chi connectivity index (χ3n) is 7.00. The topological polar surface area (TPSA) is 58.4 Å². The van der Waals surface area contributed by atoms with Gasteiger partial charge in [0.05, 0.1) is 12.1 Å². The van der Waals surface area contributed by atoms with E-state index in [4.69, 9.17) is 4.98 Å². The quantitative estimate of drug-likeness (QED) is 0.445. The molecule has 0 bridgehead atoms. The second-order valence-electron chi connectivity index (χ2n) is 9.58. The van der Waals surface area contributed by atoms with Gasteiger partial charge in [-0.1, -0.05) is 84.4 Å². The summed E-state index contributed by atoms with van der Waals surface area (Å²) in [5.41, 5.74) is 5.14. The highest BCUT2D eigenvalue weighted by Gasteiger charge is 2.37. The first-order valence-corrected chi connectivity index (χ1v) is 12.2. The lowest BCUT2D eigenvalue weighted by Gasteiger charge is -2.37. The van der Waals surface area contributed by atoms with Crippen LogP contribution in [-0.2, 0) is 23.9 Å². The Bertz CT molecular complexity index is 1320. The van der Waals surface area contributed by atoms with Crippen molar-refractivity contribution in [3.63, 3.8) is 0 Å². The standard InChI is InChI=1S/C30H31N3O2/c1-22-11-13-25(14-12-22)29-31-27(21-32(29)2)30(35)15-17-33(18-16-30)28(34)20-23-7-6-10-26(19-23)24-8-4-3-5-9-24/h3-14,19,21,35H,15-18,20H2,1-2H3. The van der Waals surface area contributed by atoms with Gasteiger partial charge in [0.2, 0.25) is 5.91 Å². The summed E-state index contributed by atoms with van der Waals surface area (Å²) >= 11 is 0. The zero-order valence-electron chi connectivity index (χ0n) is 20.3. The molecule has 0 spiro atoms. The summed E-state index contributed by atoms with van der Waals surface area (Å²) in [6, 6.07) is 26.6. The molecule has 5 rings (SSSR count). The number of piperidine rings is 1. The van der Waals surface area contributed by atoms with Crippen molar-refractivity contribution in [2.75, 3.05) is 13.1 Å². The molecule has 0 saturated carbocycles. The van der Waals surface area contributed by atoms with Crippen LogP contribution in [0.4, 0.5) is 0 Å². The molecule has 1 aromatic heterocycles. The Labute approximate surface area is 206 Å². The fraction of sp³-hybridized carbons (Fsp3) is 0.267. The van der Waals surface area contributed by atoms with Crippen molar-refractivity contribution in [2.45, 2.75) is 31.8 Å². The highest BCUT2D eigenvalue weighted by Crippen LogP contribution is 2.34. The van der Waals surface area contributed by atoms with E-state index in [1.165, 1.54) is 5.56 Å². The molecule has 1 N–H and O–H groups in total. The Kier molecular flexibility index (Phi) is 6.27. The lowest BCUT2D eigenvalue weighted by atomic mass is 9.88. The van der Waals surface area contributed by atoms with E-state index in [1.54, 1.807) is 0 Å². The predicted molar refractivity (Wildman–Crippen MR) is 139 cm³/mol. The van der Waals surface area contributed by atoms with Crippen LogP contribution in [0.15, 0.2) is 85.1 Å². The van der Waals surface area contributed by atoms with Crippen LogP contribution in [0.3, 0.4) is 0 Å². The van der Waals surface area contributed by atoms with Crippen LogP contribution in [0.25, 0.3) is 22.5 Å². The number of amides is 1. The summed E-state index contributed by atoms with van der Waals surface area (Å²) < 4.78 is 1.97. The van der Waals surface area contributed by atoms with Crippen LogP contribution in [0, 0.1) is 6.92 Å². The van der Waals surface area contributed by atoms with Crippen molar-refractivity contribution in [3.8, 4) is 22.5 Å². The zero-order chi connectivity index (χ0) is 24.4. The van der Waals surface area contributed by atoms with Gasteiger partial charge in [-0.15, -0.1) is 0 Å². The smallest absolute Gasteiger partial charge is 0.226 e. The first-order valence-electron chi connectivity index (χ1n) is 12.2. The average Bonchev–Trinajstić information content (AvgIpc) is 3.28. The van der Waals surface area contributed by atoms with Gasteiger partial charge in [-0.2, -0.15) is 0 Å². The van der Waals surface area contributed by atoms with Crippen molar-refractivity contribution in [1.82, 2.24) is 14.5 Å². The van der Waals surface area contributed by atoms with E-state index >= 15 is 0 Å². The van der Waals surface area contributed by atoms with Crippen LogP contribution in [0.2, 0.25) is 0 Å². The van der Waals surface area contributed by atoms with E-state index in [2.05, 4.69) is 55.5 Å². The van der Waals surface area contributed by atoms with Crippen LogP contribution in [0.1, 0.15) is 29.7 Å². The molecule has 5 nitrogen and oxygen atoms in total. The number of hydrogen-bond donors (Lipinski definition) is 1. The number of rotatable bonds is 5. The SMILES string of the molecule is Cc1ccc(-c2nc(C3(O)CCN(C(=O)Cc4cccc(-c5ccccc5)c4)CC3)cn2C)cc1. The predicted octanol–water partition coefficient (Wildman–Crippen LogP) is 5.12. The second-order valence-corrected chi connectivity index (χ2v) is 9.58. The van der Waals surface area contributed by atoms with E-state index in [-0.39, 0.29) is 5.91 Å². The van der Waals surface area contributed by atoms with Crippen molar-refractivity contribution >= 4 is 5.91 Å². The fourth-order valence-corrected chi connectivity index (χ4v) is 4.82. The molecule has 1 saturated heterocycles. The minimum absolute atomic E-state index is 0.0960. The average molecular weight is 466 g/mol. The van der Waals surface area contributed by atoms with Gasteiger partial charge in [-0.25, -0.2) is 4.98 Å². The summed E-state index contributed by atoms with van der Waals surface area (Å²) in [5, 5.41) is 11.4. The maximum absolute atomic E-state index is 13.1. The summed E-state index contributed by atoms with van der Waals surface area (Å²) in [5.74, 6) is 0.934. The summed E-state index contributed by atoms with van der Waals surface area (Å²) in [6.07, 6.45) is 3.24. The second kappa shape index (κ2) is 9.51. The van der Waals surface area contributed by atoms with Crippen LogP contribution >= 0.6 is 0 Å². The lowest BCUT2D eigenvalue weighted by molar-refractivity contribution is -0.135. The summed E-state index contributed by atoms with van der Waals surface area (Å²) in [4.78, 5) is 19.7. The van der Waals surface area contributed by atoms with E-state index < -0.39 is 5.60 Å². The number of nitrogens with zero attached hydrogens (tertiary/aromatic N) is 3. The number of carbonyl (C=O) groups is 1. The Morgan fingerprint density at radius 3 is 2.31 bits per heavy atom. The van der Waals surface area contributed by atoms with Crippen molar-refractivity contribution < 1.29 is 9.90 Å². The van der Waals surface area contributed by atoms with Gasteiger partial charge >= 0.3 is 0 Å². The summed E-state index contributed by atoms with van der Waals surface area (Å²) in [6.45, 7) is 3.10. The number of carbonyl (C=O) groups excluding carboxylic acids is 1. The van der Waals surface area contributed by atoms with Gasteiger partial charge < -0.3 is 14.6 Å². The maximum atomic E-state index is 13.1. The summed E-state index contributed by atoms with van der Waals surface area (Å²) in [7, 11) is 1.96. The molecule has 2 heterocycles. The molecule has 1 fully saturated rings. The molecule has 5 heteroatoms. The number of benzene rings is 3. The number of likely N-dealkylation sites (tertiary alicyclic amines) is 1. The molecule has 0 aliphatic carbocycles. The van der Waals surface area contributed by atoms with Crippen molar-refractivity contribution in [3.05, 3.63) is 102 Å². The molecule has 0 atom stereocenters. The van der Waals surface area contributed by atoms with Crippen LogP contribution in [0.5, 0.6) is 0 Å². The lowest BCUT2D eigenvalue weighted by Crippen LogP contribution is -2.45. The number of hydrogen-bond acceptors (Lipinski definition) is 3. The molecule has 0 unspecified atom stereocenters. The van der Waals surface area contributed by atoms with Crippen molar-refractivity contribution in [2.24, 2.45) is 7.05 Å². The molecular formula is C30H31N3O2. The van der Waals surface area contributed by atoms with Gasteiger partial charge in [-0.3, -0.25) is 4.79 Å². The Balaban J connectivity index is 1.24. The normalized spacial score (nSPS) is 15.2. The molecule has 35 heavy (non-hydrogen) atoms. The van der Waals surface area contributed by atoms with Gasteiger partial charge in [-0.05, 0) is 36.5 Å². The van der Waals surface area contributed by atoms with Gasteiger partial charge in [0, 0.05) is 31.9 Å². The number of imidazole rings is 1. The molecule has 1 amide bonds. The number of aliphatic hydroxyl groups is 1. The Hall–Kier alpha value is -3.70. The van der Waals surface area contributed by atoms with E-state index in [9.17, 15) is 9.90 Å². The number of aryl methyl sites for hydroxylation is 2. The first-order chi connectivity index (χ1) is 16.9. The highest BCUT2D eigenvalue weighted by molar-refractivity contribution is 5.79. The Morgan fingerprint density at radius 2 is 1.60 bits per heavy atom. The number of aromatic nitrogens is 2. The molecular weight excluding hydrogens is 434 g/mol. The maximum Gasteiger partial charge on any atom is 0.226 e. The van der Waals surface area contributed by atoms with Gasteiger partial charge in [0.1, 0.15) is 11.4 Å². The van der Waals surface area contributed by atoms with E-state index in [1.807, 2.05) is 53.0 Å². The van der Waals surface area contributed by atoms with Gasteiger partial charge in [0.15, 0.2) is 0 Å². The largest absolute Gasteiger partial charge is 0.383 e. The Morgan fingerprint density at radius 1 is 0.914 bits per heavy atom. The highest BCUT2D eigenvalue weighted by atomic mass is 16.3. The molecule has 1 aliphatic heterocycles. The molecule has 3 aromatic carbocycles. The molecule has 178 valence electrons. The third-order valence-corrected chi connectivity index (χ3v) is 7.00.